The highest BCUT2D eigenvalue weighted by atomic mass is 35.5. The molecule has 0 aliphatic rings. The number of hydrogen-bond acceptors (Lipinski definition) is 3. The number of aromatic nitrogens is 2. The second-order valence-corrected chi connectivity index (χ2v) is 6.39. The maximum Gasteiger partial charge on any atom is 0.243 e. The number of sulfonamides is 1. The van der Waals surface area contributed by atoms with Gasteiger partial charge < -0.3 is 0 Å². The Morgan fingerprint density at radius 2 is 2.20 bits per heavy atom. The normalized spacial score (nSPS) is 13.3. The van der Waals surface area contributed by atoms with Gasteiger partial charge in [-0.05, 0) is 25.1 Å². The standard InChI is InChI=1S/C12H13ClFN3O2S/c1-9(8-17-7-3-6-15-17)16-20(18,19)11-5-2-4-10(13)12(11)14/h2-7,9,16H,8H2,1H3/t9-/m1/s1. The minimum atomic E-state index is -3.97. The van der Waals surface area contributed by atoms with Crippen molar-refractivity contribution in [2.24, 2.45) is 0 Å². The topological polar surface area (TPSA) is 64.0 Å². The van der Waals surface area contributed by atoms with Crippen LogP contribution >= 0.6 is 11.6 Å². The SMILES string of the molecule is C[C@H](Cn1cccn1)NS(=O)(=O)c1cccc(Cl)c1F. The lowest BCUT2D eigenvalue weighted by atomic mass is 10.3. The van der Waals surface area contributed by atoms with E-state index in [2.05, 4.69) is 9.82 Å². The van der Waals surface area contributed by atoms with Gasteiger partial charge in [-0.3, -0.25) is 4.68 Å². The van der Waals surface area contributed by atoms with E-state index < -0.39 is 26.8 Å². The van der Waals surface area contributed by atoms with Gasteiger partial charge in [0.15, 0.2) is 5.82 Å². The van der Waals surface area contributed by atoms with Crippen molar-refractivity contribution >= 4 is 21.6 Å². The molecule has 1 heterocycles. The van der Waals surface area contributed by atoms with E-state index in [0.717, 1.165) is 0 Å². The van der Waals surface area contributed by atoms with E-state index in [1.807, 2.05) is 0 Å². The van der Waals surface area contributed by atoms with Gasteiger partial charge in [0.05, 0.1) is 11.6 Å². The van der Waals surface area contributed by atoms with Crippen LogP contribution < -0.4 is 4.72 Å². The van der Waals surface area contributed by atoms with Gasteiger partial charge in [0.1, 0.15) is 4.90 Å². The summed E-state index contributed by atoms with van der Waals surface area (Å²) >= 11 is 5.59. The van der Waals surface area contributed by atoms with Crippen molar-refractivity contribution in [3.8, 4) is 0 Å². The first-order valence-electron chi connectivity index (χ1n) is 5.84. The van der Waals surface area contributed by atoms with E-state index in [4.69, 9.17) is 11.6 Å². The molecular weight excluding hydrogens is 305 g/mol. The zero-order valence-corrected chi connectivity index (χ0v) is 12.2. The van der Waals surface area contributed by atoms with E-state index in [1.54, 1.807) is 30.1 Å². The predicted molar refractivity (Wildman–Crippen MR) is 73.4 cm³/mol. The summed E-state index contributed by atoms with van der Waals surface area (Å²) in [4.78, 5) is -0.461. The van der Waals surface area contributed by atoms with Crippen LogP contribution in [-0.2, 0) is 16.6 Å². The van der Waals surface area contributed by atoms with E-state index in [0.29, 0.717) is 6.54 Å². The van der Waals surface area contributed by atoms with Crippen LogP contribution in [0.4, 0.5) is 4.39 Å². The molecule has 0 bridgehead atoms. The van der Waals surface area contributed by atoms with Crippen molar-refractivity contribution in [1.29, 1.82) is 0 Å². The molecule has 8 heteroatoms. The maximum absolute atomic E-state index is 13.8. The Morgan fingerprint density at radius 3 is 2.85 bits per heavy atom. The molecule has 0 radical (unpaired) electrons. The molecule has 0 amide bonds. The second-order valence-electron chi connectivity index (χ2n) is 4.30. The summed E-state index contributed by atoms with van der Waals surface area (Å²) in [6.07, 6.45) is 3.31. The highest BCUT2D eigenvalue weighted by Gasteiger charge is 2.22. The van der Waals surface area contributed by atoms with E-state index in [9.17, 15) is 12.8 Å². The largest absolute Gasteiger partial charge is 0.271 e. The fourth-order valence-electron chi connectivity index (χ4n) is 1.75. The van der Waals surface area contributed by atoms with E-state index in [1.165, 1.54) is 18.2 Å². The lowest BCUT2D eigenvalue weighted by Crippen LogP contribution is -2.36. The zero-order valence-electron chi connectivity index (χ0n) is 10.6. The molecule has 1 aromatic heterocycles. The van der Waals surface area contributed by atoms with Gasteiger partial charge in [0.25, 0.3) is 0 Å². The molecule has 0 spiro atoms. The van der Waals surface area contributed by atoms with Crippen LogP contribution in [0.25, 0.3) is 0 Å². The second kappa shape index (κ2) is 5.90. The highest BCUT2D eigenvalue weighted by Crippen LogP contribution is 2.21. The Kier molecular flexibility index (Phi) is 4.42. The summed E-state index contributed by atoms with van der Waals surface area (Å²) in [5, 5.41) is 3.75. The third kappa shape index (κ3) is 3.36. The molecule has 0 saturated carbocycles. The minimum absolute atomic E-state index is 0.229. The molecule has 108 valence electrons. The van der Waals surface area contributed by atoms with Gasteiger partial charge in [0.2, 0.25) is 10.0 Å². The van der Waals surface area contributed by atoms with Gasteiger partial charge in [0, 0.05) is 18.4 Å². The molecule has 1 atom stereocenters. The average Bonchev–Trinajstić information content (AvgIpc) is 2.84. The van der Waals surface area contributed by atoms with Crippen molar-refractivity contribution < 1.29 is 12.8 Å². The van der Waals surface area contributed by atoms with Crippen molar-refractivity contribution in [1.82, 2.24) is 14.5 Å². The van der Waals surface area contributed by atoms with Crippen LogP contribution in [0.5, 0.6) is 0 Å². The summed E-state index contributed by atoms with van der Waals surface area (Å²) in [5.41, 5.74) is 0. The van der Waals surface area contributed by atoms with Gasteiger partial charge in [-0.25, -0.2) is 17.5 Å². The molecule has 0 unspecified atom stereocenters. The third-order valence-corrected chi connectivity index (χ3v) is 4.48. The average molecular weight is 318 g/mol. The van der Waals surface area contributed by atoms with E-state index in [-0.39, 0.29) is 5.02 Å². The fraction of sp³-hybridized carbons (Fsp3) is 0.250. The highest BCUT2D eigenvalue weighted by molar-refractivity contribution is 7.89. The molecule has 0 aliphatic heterocycles. The van der Waals surface area contributed by atoms with Crippen molar-refractivity contribution in [2.75, 3.05) is 0 Å². The molecule has 5 nitrogen and oxygen atoms in total. The number of benzene rings is 1. The number of hydrogen-bond donors (Lipinski definition) is 1. The first-order chi connectivity index (χ1) is 9.40. The van der Waals surface area contributed by atoms with Crippen molar-refractivity contribution in [2.45, 2.75) is 24.4 Å². The molecule has 1 N–H and O–H groups in total. The molecule has 2 rings (SSSR count). The first-order valence-corrected chi connectivity index (χ1v) is 7.70. The minimum Gasteiger partial charge on any atom is -0.271 e. The number of nitrogens with one attached hydrogen (secondary N) is 1. The Hall–Kier alpha value is -1.44. The molecule has 0 saturated heterocycles. The van der Waals surface area contributed by atoms with Crippen LogP contribution in [0.2, 0.25) is 5.02 Å². The third-order valence-electron chi connectivity index (χ3n) is 2.58. The molecule has 0 aliphatic carbocycles. The summed E-state index contributed by atoms with van der Waals surface area (Å²) < 4.78 is 41.9. The van der Waals surface area contributed by atoms with Crippen LogP contribution in [0.15, 0.2) is 41.6 Å². The Labute approximate surface area is 121 Å². The van der Waals surface area contributed by atoms with Crippen LogP contribution in [0.3, 0.4) is 0 Å². The van der Waals surface area contributed by atoms with Gasteiger partial charge >= 0.3 is 0 Å². The predicted octanol–water partition coefficient (Wildman–Crippen LogP) is 2.04. The van der Waals surface area contributed by atoms with Crippen LogP contribution in [0.1, 0.15) is 6.92 Å². The zero-order chi connectivity index (χ0) is 14.8. The Bertz CT molecular complexity index is 689. The van der Waals surface area contributed by atoms with Crippen molar-refractivity contribution in [3.05, 3.63) is 47.5 Å². The summed E-state index contributed by atoms with van der Waals surface area (Å²) in [7, 11) is -3.97. The number of rotatable bonds is 5. The lowest BCUT2D eigenvalue weighted by molar-refractivity contribution is 0.490. The van der Waals surface area contributed by atoms with E-state index >= 15 is 0 Å². The van der Waals surface area contributed by atoms with Crippen molar-refractivity contribution in [3.63, 3.8) is 0 Å². The molecule has 1 aromatic carbocycles. The van der Waals surface area contributed by atoms with Crippen LogP contribution in [0, 0.1) is 5.82 Å². The van der Waals surface area contributed by atoms with Gasteiger partial charge in [-0.1, -0.05) is 17.7 Å². The molecular formula is C12H13ClFN3O2S. The van der Waals surface area contributed by atoms with Gasteiger partial charge in [-0.15, -0.1) is 0 Å². The molecule has 20 heavy (non-hydrogen) atoms. The molecule has 0 fully saturated rings. The molecule has 2 aromatic rings. The summed E-state index contributed by atoms with van der Waals surface area (Å²) in [6.45, 7) is 2.01. The quantitative estimate of drug-likeness (QED) is 0.918. The Balaban J connectivity index is 2.16. The maximum atomic E-state index is 13.8. The first kappa shape index (κ1) is 15.0. The lowest BCUT2D eigenvalue weighted by Gasteiger charge is -2.15. The fourth-order valence-corrected chi connectivity index (χ4v) is 3.31. The monoisotopic (exact) mass is 317 g/mol. The number of nitrogens with zero attached hydrogens (tertiary/aromatic N) is 2. The Morgan fingerprint density at radius 1 is 1.45 bits per heavy atom. The van der Waals surface area contributed by atoms with Crippen LogP contribution in [-0.4, -0.2) is 24.2 Å². The summed E-state index contributed by atoms with van der Waals surface area (Å²) in [6, 6.07) is 5.14. The summed E-state index contributed by atoms with van der Waals surface area (Å²) in [5.74, 6) is -0.951. The van der Waals surface area contributed by atoms with Gasteiger partial charge in [-0.2, -0.15) is 5.10 Å². The number of halogens is 2. The smallest absolute Gasteiger partial charge is 0.243 e.